The number of benzene rings is 1. The summed E-state index contributed by atoms with van der Waals surface area (Å²) in [5, 5.41) is 9.10. The molecule has 8 unspecified atom stereocenters. The Morgan fingerprint density at radius 3 is 1.90 bits per heavy atom. The van der Waals surface area contributed by atoms with Crippen molar-refractivity contribution in [2.45, 2.75) is 183 Å². The Morgan fingerprint density at radius 2 is 1.43 bits per heavy atom. The van der Waals surface area contributed by atoms with Crippen LogP contribution in [0.25, 0.3) is 0 Å². The van der Waals surface area contributed by atoms with Gasteiger partial charge in [0.25, 0.3) is 0 Å². The zero-order valence-corrected chi connectivity index (χ0v) is 41.3. The van der Waals surface area contributed by atoms with Crippen LogP contribution in [-0.2, 0) is 39.9 Å². The Hall–Kier alpha value is -3.55. The molecule has 0 radical (unpaired) electrons. The van der Waals surface area contributed by atoms with Gasteiger partial charge in [0.15, 0.2) is 0 Å². The molecule has 5 amide bonds. The van der Waals surface area contributed by atoms with Crippen molar-refractivity contribution < 1.29 is 33.4 Å². The summed E-state index contributed by atoms with van der Waals surface area (Å²) in [6.07, 6.45) is 1.15. The van der Waals surface area contributed by atoms with E-state index < -0.39 is 47.8 Å². The van der Waals surface area contributed by atoms with Crippen LogP contribution in [-0.4, -0.2) is 133 Å². The van der Waals surface area contributed by atoms with Crippen molar-refractivity contribution in [1.29, 1.82) is 0 Å². The maximum Gasteiger partial charge on any atom is 0.245 e. The lowest BCUT2D eigenvalue weighted by Crippen LogP contribution is -2.60. The highest BCUT2D eigenvalue weighted by molar-refractivity contribution is 5.91. The number of likely N-dealkylation sites (tertiary alicyclic amines) is 1. The highest BCUT2D eigenvalue weighted by Gasteiger charge is 2.43. The van der Waals surface area contributed by atoms with Crippen LogP contribution >= 0.6 is 0 Å². The average molecular weight is 859 g/mol. The second kappa shape index (κ2) is 26.2. The summed E-state index contributed by atoms with van der Waals surface area (Å²) in [4.78, 5) is 75.4. The quantitative estimate of drug-likeness (QED) is 0.127. The van der Waals surface area contributed by atoms with Crippen molar-refractivity contribution in [3.05, 3.63) is 35.9 Å². The third-order valence-corrected chi connectivity index (χ3v) is 12.1. The van der Waals surface area contributed by atoms with Gasteiger partial charge in [0.1, 0.15) is 12.1 Å². The fourth-order valence-electron chi connectivity index (χ4n) is 8.38. The number of carbonyl (C=O) groups excluding carboxylic acids is 5. The van der Waals surface area contributed by atoms with Crippen molar-refractivity contribution in [2.24, 2.45) is 23.7 Å². The molecular weight excluding hydrogens is 773 g/mol. The summed E-state index contributed by atoms with van der Waals surface area (Å²) >= 11 is 0. The monoisotopic (exact) mass is 859 g/mol. The van der Waals surface area contributed by atoms with E-state index in [0.717, 1.165) is 18.4 Å². The topological polar surface area (TPSA) is 150 Å². The molecule has 1 aliphatic rings. The highest BCUT2D eigenvalue weighted by atomic mass is 16.5. The van der Waals surface area contributed by atoms with E-state index in [0.29, 0.717) is 19.4 Å². The molecule has 1 aromatic carbocycles. The fourth-order valence-corrected chi connectivity index (χ4v) is 8.38. The molecule has 1 fully saturated rings. The lowest BCUT2D eigenvalue weighted by molar-refractivity contribution is -0.148. The van der Waals surface area contributed by atoms with Crippen LogP contribution in [0.4, 0.5) is 0 Å². The molecule has 13 nitrogen and oxygen atoms in total. The average Bonchev–Trinajstić information content (AvgIpc) is 3.69. The van der Waals surface area contributed by atoms with Crippen molar-refractivity contribution in [2.75, 3.05) is 34.9 Å². The molecule has 3 N–H and O–H groups in total. The van der Waals surface area contributed by atoms with Gasteiger partial charge in [0, 0.05) is 45.8 Å². The van der Waals surface area contributed by atoms with Crippen LogP contribution in [0.1, 0.15) is 128 Å². The predicted octanol–water partition coefficient (Wildman–Crippen LogP) is 6.08. The number of methoxy groups -OCH3 is 2. The van der Waals surface area contributed by atoms with Crippen molar-refractivity contribution in [3.63, 3.8) is 0 Å². The summed E-state index contributed by atoms with van der Waals surface area (Å²) in [5.41, 5.74) is 0.422. The molecule has 350 valence electrons. The first-order valence-corrected chi connectivity index (χ1v) is 22.8. The van der Waals surface area contributed by atoms with E-state index in [1.165, 1.54) is 0 Å². The van der Waals surface area contributed by atoms with Crippen molar-refractivity contribution in [1.82, 2.24) is 30.7 Å². The molecule has 1 saturated heterocycles. The smallest absolute Gasteiger partial charge is 0.245 e. The molecule has 9 atom stereocenters. The molecule has 1 aliphatic heterocycles. The first-order valence-electron chi connectivity index (χ1n) is 22.8. The van der Waals surface area contributed by atoms with Crippen molar-refractivity contribution >= 4 is 29.5 Å². The first kappa shape index (κ1) is 55.5. The maximum atomic E-state index is 14.4. The van der Waals surface area contributed by atoms with Gasteiger partial charge in [-0.1, -0.05) is 99.1 Å². The fraction of sp³-hybridized carbons (Fsp3) is 0.771. The largest absolute Gasteiger partial charge is 0.379 e. The van der Waals surface area contributed by atoms with Crippen LogP contribution in [0, 0.1) is 23.7 Å². The van der Waals surface area contributed by atoms with Crippen LogP contribution in [0.5, 0.6) is 0 Å². The van der Waals surface area contributed by atoms with E-state index in [1.54, 1.807) is 38.0 Å². The van der Waals surface area contributed by atoms with Crippen molar-refractivity contribution in [3.8, 4) is 0 Å². The Balaban J connectivity index is 0.00000916. The van der Waals surface area contributed by atoms with Crippen LogP contribution < -0.4 is 16.0 Å². The van der Waals surface area contributed by atoms with E-state index in [4.69, 9.17) is 9.47 Å². The lowest BCUT2D eigenvalue weighted by atomic mass is 9.89. The second-order valence-corrected chi connectivity index (χ2v) is 18.8. The Kier molecular flexibility index (Phi) is 23.8. The Morgan fingerprint density at radius 1 is 0.836 bits per heavy atom. The number of carbonyl (C=O) groups is 5. The number of hydrogen-bond donors (Lipinski definition) is 3. The van der Waals surface area contributed by atoms with Crippen LogP contribution in [0.15, 0.2) is 30.3 Å². The van der Waals surface area contributed by atoms with Gasteiger partial charge in [-0.25, -0.2) is 0 Å². The number of ether oxygens (including phenoxy) is 2. The first-order chi connectivity index (χ1) is 28.5. The maximum absolute atomic E-state index is 14.4. The van der Waals surface area contributed by atoms with Gasteiger partial charge < -0.3 is 35.2 Å². The normalized spacial score (nSPS) is 18.3. The summed E-state index contributed by atoms with van der Waals surface area (Å²) < 4.78 is 12.1. The molecule has 13 heteroatoms. The molecule has 0 aliphatic carbocycles. The van der Waals surface area contributed by atoms with Gasteiger partial charge in [0.05, 0.1) is 42.7 Å². The summed E-state index contributed by atoms with van der Waals surface area (Å²) in [6.45, 7) is 28.0. The summed E-state index contributed by atoms with van der Waals surface area (Å²) in [6, 6.07) is 6.84. The number of likely N-dealkylation sites (N-methyl/N-ethyl adjacent to an activating group) is 2. The van der Waals surface area contributed by atoms with Gasteiger partial charge in [-0.15, -0.1) is 0 Å². The zero-order valence-electron chi connectivity index (χ0n) is 41.3. The van der Waals surface area contributed by atoms with Gasteiger partial charge in [-0.3, -0.25) is 28.9 Å². The summed E-state index contributed by atoms with van der Waals surface area (Å²) in [5.74, 6) is -2.08. The second-order valence-electron chi connectivity index (χ2n) is 18.8. The minimum atomic E-state index is -0.813. The third kappa shape index (κ3) is 16.3. The van der Waals surface area contributed by atoms with Crippen LogP contribution in [0.2, 0.25) is 0 Å². The molecular formula is C48H86N6O7. The highest BCUT2D eigenvalue weighted by Crippen LogP contribution is 2.30. The SMILES string of the molecule is CC.CCC(C)C(C(CC(=O)N1CCCC1C(OC)C(C)C(=O)NC(Cc1ccccc1)C(=O)NC(C)(C)C)OC)N(C)C(=O)[C@@H](NC(=O)C(C(C)C)N(C)C(C)C)C(C)C. The molecule has 2 rings (SSSR count). The van der Waals surface area contributed by atoms with Gasteiger partial charge in [-0.2, -0.15) is 0 Å². The standard InChI is InChI=1S/C46H80N6O7.C2H6/c1-17-31(8)40(51(14)45(57)38(28(2)3)48-44(56)39(29(4)5)50(13)30(6)7)36(58-15)27-37(53)52-25-21-24-35(52)41(59-16)32(9)42(54)47-34(43(55)49-46(10,11)12)26-33-22-19-18-20-23-33;1-2/h18-20,22-23,28-32,34-36,38-41H,17,21,24-27H2,1-16H3,(H,47,54)(H,48,56)(H,49,55);1-2H3/t31?,32?,34?,35?,36?,38-,39?,40?,41?;/m0./s1. The molecule has 0 aromatic heterocycles. The minimum absolute atomic E-state index is 0.00999. The van der Waals surface area contributed by atoms with Crippen LogP contribution in [0.3, 0.4) is 0 Å². The third-order valence-electron chi connectivity index (χ3n) is 12.1. The van der Waals surface area contributed by atoms with E-state index in [1.807, 2.05) is 132 Å². The van der Waals surface area contributed by atoms with Gasteiger partial charge >= 0.3 is 0 Å². The molecule has 0 spiro atoms. The van der Waals surface area contributed by atoms with Gasteiger partial charge in [0.2, 0.25) is 29.5 Å². The van der Waals surface area contributed by atoms with E-state index >= 15 is 0 Å². The van der Waals surface area contributed by atoms with Gasteiger partial charge in [-0.05, 0) is 77.8 Å². The Labute approximate surface area is 370 Å². The molecule has 1 heterocycles. The Bertz CT molecular complexity index is 1500. The van der Waals surface area contributed by atoms with E-state index in [9.17, 15) is 24.0 Å². The van der Waals surface area contributed by atoms with E-state index in [-0.39, 0.29) is 65.8 Å². The molecule has 1 aromatic rings. The number of nitrogens with one attached hydrogen (secondary N) is 3. The molecule has 0 bridgehead atoms. The number of hydrogen-bond acceptors (Lipinski definition) is 8. The minimum Gasteiger partial charge on any atom is -0.379 e. The number of nitrogens with zero attached hydrogens (tertiary/aromatic N) is 3. The molecule has 61 heavy (non-hydrogen) atoms. The summed E-state index contributed by atoms with van der Waals surface area (Å²) in [7, 11) is 6.79. The number of rotatable bonds is 22. The van der Waals surface area contributed by atoms with E-state index in [2.05, 4.69) is 16.0 Å². The zero-order chi connectivity index (χ0) is 46.9. The predicted molar refractivity (Wildman–Crippen MR) is 246 cm³/mol. The lowest BCUT2D eigenvalue weighted by Gasteiger charge is -2.41. The molecule has 0 saturated carbocycles. The number of amides is 5.